The Hall–Kier alpha value is -1.52. The number of epoxide rings is 1. The largest absolute Gasteiger partial charge is 0.461 e. The van der Waals surface area contributed by atoms with Crippen molar-refractivity contribution in [2.45, 2.75) is 6.10 Å². The SMILES string of the molecule is Clc1ccc(-c2cc(OCC3CO3)on2)cc1. The molecule has 0 amide bonds. The lowest BCUT2D eigenvalue weighted by atomic mass is 10.2. The molecule has 0 saturated carbocycles. The van der Waals surface area contributed by atoms with Crippen LogP contribution in [-0.2, 0) is 4.74 Å². The molecule has 1 unspecified atom stereocenters. The highest BCUT2D eigenvalue weighted by Crippen LogP contribution is 2.25. The lowest BCUT2D eigenvalue weighted by Gasteiger charge is -1.95. The smallest absolute Gasteiger partial charge is 0.311 e. The molecule has 4 nitrogen and oxygen atoms in total. The summed E-state index contributed by atoms with van der Waals surface area (Å²) in [6.45, 7) is 1.27. The molecule has 17 heavy (non-hydrogen) atoms. The van der Waals surface area contributed by atoms with Crippen LogP contribution in [0.2, 0.25) is 5.02 Å². The van der Waals surface area contributed by atoms with Crippen molar-refractivity contribution in [1.29, 1.82) is 0 Å². The highest BCUT2D eigenvalue weighted by atomic mass is 35.5. The Morgan fingerprint density at radius 1 is 1.35 bits per heavy atom. The van der Waals surface area contributed by atoms with Gasteiger partial charge in [-0.15, -0.1) is 0 Å². The summed E-state index contributed by atoms with van der Waals surface area (Å²) >= 11 is 5.81. The maximum atomic E-state index is 5.81. The molecule has 1 atom stereocenters. The molecule has 1 aliphatic rings. The van der Waals surface area contributed by atoms with Gasteiger partial charge in [0.25, 0.3) is 0 Å². The average molecular weight is 252 g/mol. The molecule has 0 radical (unpaired) electrons. The number of benzene rings is 1. The standard InChI is InChI=1S/C12H10ClNO3/c13-9-3-1-8(2-4-9)11-5-12(17-14-11)16-7-10-6-15-10/h1-5,10H,6-7H2. The summed E-state index contributed by atoms with van der Waals surface area (Å²) in [4.78, 5) is 0. The summed E-state index contributed by atoms with van der Waals surface area (Å²) in [5.74, 6) is 0.408. The molecule has 3 rings (SSSR count). The Labute approximate surface area is 103 Å². The zero-order valence-electron chi connectivity index (χ0n) is 8.93. The fraction of sp³-hybridized carbons (Fsp3) is 0.250. The van der Waals surface area contributed by atoms with Crippen LogP contribution in [0.4, 0.5) is 0 Å². The Kier molecular flexibility index (Phi) is 2.74. The van der Waals surface area contributed by atoms with E-state index in [0.29, 0.717) is 17.6 Å². The first-order chi connectivity index (χ1) is 8.31. The van der Waals surface area contributed by atoms with E-state index in [1.807, 2.05) is 24.3 Å². The monoisotopic (exact) mass is 251 g/mol. The van der Waals surface area contributed by atoms with Crippen molar-refractivity contribution in [2.24, 2.45) is 0 Å². The zero-order valence-corrected chi connectivity index (χ0v) is 9.68. The minimum absolute atomic E-state index is 0.207. The number of halogens is 1. The van der Waals surface area contributed by atoms with E-state index in [0.717, 1.165) is 17.9 Å². The highest BCUT2D eigenvalue weighted by molar-refractivity contribution is 6.30. The topological polar surface area (TPSA) is 47.8 Å². The molecule has 1 aromatic carbocycles. The van der Waals surface area contributed by atoms with Crippen LogP contribution in [0.15, 0.2) is 34.9 Å². The maximum absolute atomic E-state index is 5.81. The number of ether oxygens (including phenoxy) is 2. The van der Waals surface area contributed by atoms with Gasteiger partial charge in [-0.1, -0.05) is 28.9 Å². The van der Waals surface area contributed by atoms with Gasteiger partial charge in [0.05, 0.1) is 12.7 Å². The van der Waals surface area contributed by atoms with Crippen molar-refractivity contribution in [3.63, 3.8) is 0 Å². The van der Waals surface area contributed by atoms with Crippen LogP contribution < -0.4 is 4.74 Å². The van der Waals surface area contributed by atoms with Crippen molar-refractivity contribution in [3.8, 4) is 17.2 Å². The summed E-state index contributed by atoms with van der Waals surface area (Å²) in [6, 6.07) is 9.14. The number of hydrogen-bond acceptors (Lipinski definition) is 4. The van der Waals surface area contributed by atoms with Gasteiger partial charge in [0.1, 0.15) is 18.4 Å². The molecule has 1 aromatic heterocycles. The summed E-state index contributed by atoms with van der Waals surface area (Å²) in [7, 11) is 0. The van der Waals surface area contributed by atoms with Gasteiger partial charge in [-0.3, -0.25) is 0 Å². The molecule has 0 aliphatic carbocycles. The predicted octanol–water partition coefficient (Wildman–Crippen LogP) is 2.77. The van der Waals surface area contributed by atoms with Gasteiger partial charge in [0.15, 0.2) is 0 Å². The molecular formula is C12H10ClNO3. The van der Waals surface area contributed by atoms with E-state index in [4.69, 9.17) is 25.6 Å². The molecule has 1 saturated heterocycles. The van der Waals surface area contributed by atoms with Gasteiger partial charge in [0, 0.05) is 10.6 Å². The molecule has 1 fully saturated rings. The average Bonchev–Trinajstić information content (AvgIpc) is 3.06. The van der Waals surface area contributed by atoms with E-state index in [9.17, 15) is 0 Å². The van der Waals surface area contributed by atoms with Gasteiger partial charge in [-0.05, 0) is 12.1 Å². The summed E-state index contributed by atoms with van der Waals surface area (Å²) in [5.41, 5.74) is 1.67. The second-order valence-electron chi connectivity index (χ2n) is 3.80. The molecule has 0 spiro atoms. The van der Waals surface area contributed by atoms with Crippen molar-refractivity contribution in [3.05, 3.63) is 35.4 Å². The summed E-state index contributed by atoms with van der Waals surface area (Å²) < 4.78 is 15.5. The normalized spacial score (nSPS) is 18.1. The Bertz CT molecular complexity index is 505. The Morgan fingerprint density at radius 3 is 2.82 bits per heavy atom. The lowest BCUT2D eigenvalue weighted by Crippen LogP contribution is -2.02. The number of aromatic nitrogens is 1. The van der Waals surface area contributed by atoms with Crippen molar-refractivity contribution < 1.29 is 14.0 Å². The van der Waals surface area contributed by atoms with E-state index in [1.54, 1.807) is 6.07 Å². The molecule has 88 valence electrons. The van der Waals surface area contributed by atoms with Gasteiger partial charge >= 0.3 is 5.95 Å². The third kappa shape index (κ3) is 2.60. The van der Waals surface area contributed by atoms with Crippen LogP contribution in [0.3, 0.4) is 0 Å². The predicted molar refractivity (Wildman–Crippen MR) is 62.2 cm³/mol. The second-order valence-corrected chi connectivity index (χ2v) is 4.24. The molecule has 2 heterocycles. The van der Waals surface area contributed by atoms with Gasteiger partial charge in [-0.2, -0.15) is 0 Å². The van der Waals surface area contributed by atoms with Crippen molar-refractivity contribution >= 4 is 11.6 Å². The number of rotatable bonds is 4. The van der Waals surface area contributed by atoms with Crippen LogP contribution in [0.1, 0.15) is 0 Å². The molecule has 5 heteroatoms. The van der Waals surface area contributed by atoms with Crippen LogP contribution in [0.5, 0.6) is 5.95 Å². The molecular weight excluding hydrogens is 242 g/mol. The van der Waals surface area contributed by atoms with E-state index < -0.39 is 0 Å². The minimum atomic E-state index is 0.207. The second kappa shape index (κ2) is 4.39. The summed E-state index contributed by atoms with van der Waals surface area (Å²) in [6.07, 6.45) is 0.207. The van der Waals surface area contributed by atoms with Crippen LogP contribution in [0, 0.1) is 0 Å². The van der Waals surface area contributed by atoms with E-state index in [2.05, 4.69) is 5.16 Å². The molecule has 0 bridgehead atoms. The van der Waals surface area contributed by atoms with Crippen LogP contribution in [0.25, 0.3) is 11.3 Å². The third-order valence-corrected chi connectivity index (χ3v) is 2.69. The quantitative estimate of drug-likeness (QED) is 0.784. The van der Waals surface area contributed by atoms with E-state index >= 15 is 0 Å². The Balaban J connectivity index is 1.72. The van der Waals surface area contributed by atoms with Crippen molar-refractivity contribution in [1.82, 2.24) is 5.16 Å². The molecule has 1 aliphatic heterocycles. The first kappa shape index (κ1) is 10.6. The maximum Gasteiger partial charge on any atom is 0.311 e. The summed E-state index contributed by atoms with van der Waals surface area (Å²) in [5, 5.41) is 4.62. The number of nitrogens with zero attached hydrogens (tertiary/aromatic N) is 1. The van der Waals surface area contributed by atoms with Crippen LogP contribution in [-0.4, -0.2) is 24.5 Å². The zero-order chi connectivity index (χ0) is 11.7. The highest BCUT2D eigenvalue weighted by Gasteiger charge is 2.23. The van der Waals surface area contributed by atoms with Gasteiger partial charge in [0.2, 0.25) is 0 Å². The van der Waals surface area contributed by atoms with E-state index in [1.165, 1.54) is 0 Å². The first-order valence-electron chi connectivity index (χ1n) is 5.28. The fourth-order valence-electron chi connectivity index (χ4n) is 1.42. The van der Waals surface area contributed by atoms with Crippen LogP contribution >= 0.6 is 11.6 Å². The fourth-order valence-corrected chi connectivity index (χ4v) is 1.55. The Morgan fingerprint density at radius 2 is 2.12 bits per heavy atom. The molecule has 2 aromatic rings. The molecule has 0 N–H and O–H groups in total. The van der Waals surface area contributed by atoms with E-state index in [-0.39, 0.29) is 6.10 Å². The van der Waals surface area contributed by atoms with Gasteiger partial charge in [-0.25, -0.2) is 0 Å². The third-order valence-electron chi connectivity index (χ3n) is 2.44. The first-order valence-corrected chi connectivity index (χ1v) is 5.66. The van der Waals surface area contributed by atoms with Gasteiger partial charge < -0.3 is 14.0 Å². The minimum Gasteiger partial charge on any atom is -0.461 e. The lowest BCUT2D eigenvalue weighted by molar-refractivity contribution is 0.193. The number of hydrogen-bond donors (Lipinski definition) is 0. The van der Waals surface area contributed by atoms with Crippen molar-refractivity contribution in [2.75, 3.05) is 13.2 Å².